The molecule has 0 aliphatic rings. The zero-order chi connectivity index (χ0) is 20.4. The molecule has 0 saturated carbocycles. The molecule has 0 radical (unpaired) electrons. The lowest BCUT2D eigenvalue weighted by atomic mass is 10.1. The maximum absolute atomic E-state index is 13.0. The highest BCUT2D eigenvalue weighted by molar-refractivity contribution is 6.05. The fourth-order valence-electron chi connectivity index (χ4n) is 3.01. The molecular formula is C23H19N3O3. The quantitative estimate of drug-likeness (QED) is 0.538. The Morgan fingerprint density at radius 3 is 2.69 bits per heavy atom. The number of aromatic nitrogens is 1. The van der Waals surface area contributed by atoms with E-state index in [0.29, 0.717) is 22.5 Å². The van der Waals surface area contributed by atoms with Crippen molar-refractivity contribution in [1.29, 1.82) is 0 Å². The highest BCUT2D eigenvalue weighted by atomic mass is 16.3. The Morgan fingerprint density at radius 1 is 1.07 bits per heavy atom. The minimum absolute atomic E-state index is 0.0735. The first-order valence-electron chi connectivity index (χ1n) is 9.11. The summed E-state index contributed by atoms with van der Waals surface area (Å²) >= 11 is 0. The van der Waals surface area contributed by atoms with E-state index < -0.39 is 0 Å². The number of amides is 1. The van der Waals surface area contributed by atoms with E-state index in [1.54, 1.807) is 42.6 Å². The molecule has 2 aromatic heterocycles. The summed E-state index contributed by atoms with van der Waals surface area (Å²) in [6.45, 7) is 3.96. The van der Waals surface area contributed by atoms with E-state index in [9.17, 15) is 9.90 Å². The predicted molar refractivity (Wildman–Crippen MR) is 111 cm³/mol. The van der Waals surface area contributed by atoms with Gasteiger partial charge in [0, 0.05) is 17.6 Å². The van der Waals surface area contributed by atoms with Gasteiger partial charge in [0.15, 0.2) is 0 Å². The second-order valence-electron chi connectivity index (χ2n) is 6.76. The highest BCUT2D eigenvalue weighted by Gasteiger charge is 2.14. The van der Waals surface area contributed by atoms with Crippen LogP contribution in [0.2, 0.25) is 0 Å². The summed E-state index contributed by atoms with van der Waals surface area (Å²) in [6.07, 6.45) is 1.60. The van der Waals surface area contributed by atoms with Gasteiger partial charge in [0.2, 0.25) is 5.55 Å². The number of benzene rings is 2. The number of fused-ring (bicyclic) bond motifs is 1. The summed E-state index contributed by atoms with van der Waals surface area (Å²) in [5.41, 5.74) is 3.65. The highest BCUT2D eigenvalue weighted by Crippen LogP contribution is 2.22. The van der Waals surface area contributed by atoms with Crippen LogP contribution >= 0.6 is 0 Å². The van der Waals surface area contributed by atoms with E-state index in [2.05, 4.69) is 15.3 Å². The third-order valence-electron chi connectivity index (χ3n) is 4.46. The molecule has 0 unspecified atom stereocenters. The number of nitrogens with zero attached hydrogens (tertiary/aromatic N) is 2. The molecule has 0 saturated heterocycles. The molecule has 2 heterocycles. The molecule has 0 bridgehead atoms. The van der Waals surface area contributed by atoms with Crippen LogP contribution in [0, 0.1) is 13.8 Å². The number of aryl methyl sites for hydroxylation is 2. The monoisotopic (exact) mass is 385 g/mol. The Balaban J connectivity index is 1.89. The van der Waals surface area contributed by atoms with Crippen molar-refractivity contribution < 1.29 is 14.3 Å². The maximum atomic E-state index is 13.0. The van der Waals surface area contributed by atoms with Gasteiger partial charge in [0.05, 0.1) is 5.69 Å². The van der Waals surface area contributed by atoms with Gasteiger partial charge in [-0.25, -0.2) is 9.98 Å². The van der Waals surface area contributed by atoms with Crippen LogP contribution in [0.4, 0.5) is 11.5 Å². The molecule has 2 aromatic carbocycles. The van der Waals surface area contributed by atoms with Crippen LogP contribution < -0.4 is 10.9 Å². The van der Waals surface area contributed by atoms with Gasteiger partial charge in [-0.05, 0) is 55.8 Å². The lowest BCUT2D eigenvalue weighted by molar-refractivity contribution is 0.102. The number of anilines is 1. The normalized spacial score (nSPS) is 11.6. The van der Waals surface area contributed by atoms with E-state index in [1.165, 1.54) is 6.07 Å². The zero-order valence-corrected chi connectivity index (χ0v) is 16.0. The van der Waals surface area contributed by atoms with Crippen LogP contribution in [-0.4, -0.2) is 16.0 Å². The minimum Gasteiger partial charge on any atom is -0.508 e. The summed E-state index contributed by atoms with van der Waals surface area (Å²) in [5.74, 6) is 0.121. The molecule has 0 fully saturated rings. The minimum atomic E-state index is -0.383. The SMILES string of the molecule is Cc1ccc(N=c2oc3cc(O)ccc3cc2C(=O)Nc2ccccn2)c(C)c1. The van der Waals surface area contributed by atoms with Crippen LogP contribution in [0.15, 0.2) is 76.3 Å². The Bertz CT molecular complexity index is 1280. The molecule has 6 heteroatoms. The maximum Gasteiger partial charge on any atom is 0.262 e. The molecule has 4 aromatic rings. The van der Waals surface area contributed by atoms with E-state index in [0.717, 1.165) is 11.1 Å². The first-order chi connectivity index (χ1) is 14.0. The van der Waals surface area contributed by atoms with Crippen molar-refractivity contribution in [2.45, 2.75) is 13.8 Å². The summed E-state index contributed by atoms with van der Waals surface area (Å²) in [7, 11) is 0. The second kappa shape index (κ2) is 7.59. The van der Waals surface area contributed by atoms with Gasteiger partial charge in [-0.2, -0.15) is 0 Å². The number of phenols is 1. The number of hydrogen-bond donors (Lipinski definition) is 2. The molecule has 0 aliphatic heterocycles. The van der Waals surface area contributed by atoms with Crippen molar-refractivity contribution >= 4 is 28.4 Å². The van der Waals surface area contributed by atoms with Crippen LogP contribution in [0.5, 0.6) is 5.75 Å². The Labute approximate surface area is 167 Å². The van der Waals surface area contributed by atoms with Crippen LogP contribution in [0.3, 0.4) is 0 Å². The van der Waals surface area contributed by atoms with Crippen LogP contribution in [0.25, 0.3) is 11.0 Å². The standard InChI is InChI=1S/C23H19N3O3/c1-14-6-9-19(15(2)11-14)25-23-18(22(28)26-21-5-3-4-10-24-21)12-16-7-8-17(27)13-20(16)29-23/h3-13,27H,1-2H3,(H,24,26,28). The second-order valence-corrected chi connectivity index (χ2v) is 6.76. The van der Waals surface area contributed by atoms with Gasteiger partial charge in [-0.1, -0.05) is 23.8 Å². The molecular weight excluding hydrogens is 366 g/mol. The van der Waals surface area contributed by atoms with Crippen molar-refractivity contribution in [1.82, 2.24) is 4.98 Å². The summed E-state index contributed by atoms with van der Waals surface area (Å²) < 4.78 is 5.91. The van der Waals surface area contributed by atoms with Crippen molar-refractivity contribution in [3.8, 4) is 5.75 Å². The van der Waals surface area contributed by atoms with Gasteiger partial charge >= 0.3 is 0 Å². The summed E-state index contributed by atoms with van der Waals surface area (Å²) in [5, 5.41) is 13.2. The fraction of sp³-hybridized carbons (Fsp3) is 0.0870. The average molecular weight is 385 g/mol. The fourth-order valence-corrected chi connectivity index (χ4v) is 3.01. The van der Waals surface area contributed by atoms with E-state index in [1.807, 2.05) is 32.0 Å². The molecule has 0 aliphatic carbocycles. The number of carbonyl (C=O) groups excluding carboxylic acids is 1. The molecule has 29 heavy (non-hydrogen) atoms. The van der Waals surface area contributed by atoms with E-state index in [-0.39, 0.29) is 22.8 Å². The van der Waals surface area contributed by atoms with Gasteiger partial charge in [0.25, 0.3) is 5.91 Å². The summed E-state index contributed by atoms with van der Waals surface area (Å²) in [6, 6.07) is 17.5. The number of aromatic hydroxyl groups is 1. The van der Waals surface area contributed by atoms with Crippen molar-refractivity contribution in [3.05, 3.63) is 89.1 Å². The molecule has 6 nitrogen and oxygen atoms in total. The van der Waals surface area contributed by atoms with E-state index in [4.69, 9.17) is 4.42 Å². The predicted octanol–water partition coefficient (Wildman–Crippen LogP) is 4.63. The lowest BCUT2D eigenvalue weighted by Crippen LogP contribution is -2.22. The van der Waals surface area contributed by atoms with E-state index >= 15 is 0 Å². The van der Waals surface area contributed by atoms with Gasteiger partial charge < -0.3 is 14.8 Å². The molecule has 2 N–H and O–H groups in total. The molecule has 0 atom stereocenters. The Kier molecular flexibility index (Phi) is 4.83. The van der Waals surface area contributed by atoms with Gasteiger partial charge in [-0.3, -0.25) is 4.79 Å². The molecule has 1 amide bonds. The zero-order valence-electron chi connectivity index (χ0n) is 16.0. The summed E-state index contributed by atoms with van der Waals surface area (Å²) in [4.78, 5) is 21.7. The first-order valence-corrected chi connectivity index (χ1v) is 9.11. The molecule has 144 valence electrons. The number of pyridine rings is 1. The van der Waals surface area contributed by atoms with Crippen LogP contribution in [0.1, 0.15) is 21.5 Å². The lowest BCUT2D eigenvalue weighted by Gasteiger charge is -2.07. The van der Waals surface area contributed by atoms with Gasteiger partial charge in [-0.15, -0.1) is 0 Å². The number of carbonyl (C=O) groups is 1. The van der Waals surface area contributed by atoms with Crippen molar-refractivity contribution in [3.63, 3.8) is 0 Å². The number of hydrogen-bond acceptors (Lipinski definition) is 5. The third kappa shape index (κ3) is 4.01. The Hall–Kier alpha value is -3.93. The number of nitrogens with one attached hydrogen (secondary N) is 1. The topological polar surface area (TPSA) is 87.7 Å². The number of rotatable bonds is 3. The van der Waals surface area contributed by atoms with Crippen molar-refractivity contribution in [2.75, 3.05) is 5.32 Å². The Morgan fingerprint density at radius 2 is 1.93 bits per heavy atom. The number of phenolic OH excluding ortho intramolecular Hbond substituents is 1. The molecule has 0 spiro atoms. The van der Waals surface area contributed by atoms with Crippen LogP contribution in [-0.2, 0) is 0 Å². The smallest absolute Gasteiger partial charge is 0.262 e. The first kappa shape index (κ1) is 18.4. The largest absolute Gasteiger partial charge is 0.508 e. The van der Waals surface area contributed by atoms with Gasteiger partial charge in [0.1, 0.15) is 22.7 Å². The molecule has 4 rings (SSSR count). The third-order valence-corrected chi connectivity index (χ3v) is 4.46. The van der Waals surface area contributed by atoms with Crippen molar-refractivity contribution in [2.24, 2.45) is 4.99 Å². The average Bonchev–Trinajstić information content (AvgIpc) is 2.70.